The summed E-state index contributed by atoms with van der Waals surface area (Å²) in [5, 5.41) is 9.53. The fourth-order valence-electron chi connectivity index (χ4n) is 2.45. The first-order valence-corrected chi connectivity index (χ1v) is 8.60. The molecule has 0 bridgehead atoms. The smallest absolute Gasteiger partial charge is 0.326 e. The number of thioether (sulfide) groups is 2. The zero-order valence-electron chi connectivity index (χ0n) is 10.3. The van der Waals surface area contributed by atoms with Crippen molar-refractivity contribution in [2.24, 2.45) is 0 Å². The van der Waals surface area contributed by atoms with E-state index in [9.17, 15) is 9.59 Å². The van der Waals surface area contributed by atoms with E-state index in [-0.39, 0.29) is 5.91 Å². The van der Waals surface area contributed by atoms with Gasteiger partial charge in [-0.2, -0.15) is 23.5 Å². The lowest BCUT2D eigenvalue weighted by molar-refractivity contribution is -0.152. The van der Waals surface area contributed by atoms with Gasteiger partial charge in [-0.05, 0) is 19.3 Å². The first kappa shape index (κ1) is 14.1. The fourth-order valence-corrected chi connectivity index (χ4v) is 5.12. The van der Waals surface area contributed by atoms with Crippen molar-refractivity contribution in [1.29, 1.82) is 0 Å². The van der Waals surface area contributed by atoms with Crippen molar-refractivity contribution in [3.05, 3.63) is 0 Å². The van der Waals surface area contributed by atoms with E-state index in [1.54, 1.807) is 4.90 Å². The first-order valence-electron chi connectivity index (χ1n) is 6.40. The van der Waals surface area contributed by atoms with Crippen molar-refractivity contribution < 1.29 is 14.7 Å². The monoisotopic (exact) mass is 289 g/mol. The predicted molar refractivity (Wildman–Crippen MR) is 75.2 cm³/mol. The fraction of sp³-hybridized carbons (Fsp3) is 0.833. The third kappa shape index (κ3) is 3.57. The molecule has 1 N–H and O–H groups in total. The molecule has 1 amide bonds. The van der Waals surface area contributed by atoms with Crippen molar-refractivity contribution in [3.8, 4) is 0 Å². The molecular formula is C12H19NO3S2. The topological polar surface area (TPSA) is 57.6 Å². The minimum atomic E-state index is -0.853. The first-order chi connectivity index (χ1) is 8.68. The van der Waals surface area contributed by atoms with Crippen molar-refractivity contribution in [3.63, 3.8) is 0 Å². The maximum absolute atomic E-state index is 12.2. The molecule has 0 spiro atoms. The maximum atomic E-state index is 12.2. The van der Waals surface area contributed by atoms with Crippen LogP contribution in [0.3, 0.4) is 0 Å². The Balaban J connectivity index is 1.91. The number of nitrogens with zero attached hydrogens (tertiary/aromatic N) is 1. The maximum Gasteiger partial charge on any atom is 0.326 e. The molecule has 2 saturated heterocycles. The predicted octanol–water partition coefficient (Wildman–Crippen LogP) is 1.69. The highest BCUT2D eigenvalue weighted by Crippen LogP contribution is 2.28. The Morgan fingerprint density at radius 2 is 2.11 bits per heavy atom. The molecule has 2 heterocycles. The van der Waals surface area contributed by atoms with Crippen molar-refractivity contribution in [2.45, 2.75) is 37.0 Å². The lowest BCUT2D eigenvalue weighted by Gasteiger charge is -2.34. The average Bonchev–Trinajstić information content (AvgIpc) is 2.40. The number of rotatable bonds is 3. The van der Waals surface area contributed by atoms with Crippen molar-refractivity contribution in [2.75, 3.05) is 23.8 Å². The van der Waals surface area contributed by atoms with Gasteiger partial charge in [0.25, 0.3) is 0 Å². The molecule has 2 rings (SSSR count). The van der Waals surface area contributed by atoms with Gasteiger partial charge in [-0.3, -0.25) is 4.79 Å². The molecule has 2 atom stereocenters. The second kappa shape index (κ2) is 6.70. The number of carbonyl (C=O) groups is 2. The van der Waals surface area contributed by atoms with Gasteiger partial charge >= 0.3 is 5.97 Å². The number of amides is 1. The van der Waals surface area contributed by atoms with E-state index in [2.05, 4.69) is 0 Å². The summed E-state index contributed by atoms with van der Waals surface area (Å²) in [5.41, 5.74) is 0. The summed E-state index contributed by atoms with van der Waals surface area (Å²) >= 11 is 3.74. The Labute approximate surface area is 116 Å². The number of carboxylic acid groups (broad SMARTS) is 1. The van der Waals surface area contributed by atoms with Gasteiger partial charge in [-0.15, -0.1) is 0 Å². The van der Waals surface area contributed by atoms with Crippen LogP contribution >= 0.6 is 23.5 Å². The van der Waals surface area contributed by atoms with Crippen molar-refractivity contribution in [1.82, 2.24) is 4.90 Å². The molecule has 0 aromatic carbocycles. The van der Waals surface area contributed by atoms with E-state index < -0.39 is 12.0 Å². The molecule has 0 aliphatic carbocycles. The number of hydrogen-bond acceptors (Lipinski definition) is 4. The summed E-state index contributed by atoms with van der Waals surface area (Å²) in [4.78, 5) is 25.0. The van der Waals surface area contributed by atoms with Gasteiger partial charge in [0.1, 0.15) is 6.04 Å². The zero-order valence-corrected chi connectivity index (χ0v) is 12.0. The second-order valence-corrected chi connectivity index (χ2v) is 7.27. The summed E-state index contributed by atoms with van der Waals surface area (Å²) in [6.07, 6.45) is 2.95. The van der Waals surface area contributed by atoms with E-state index in [0.717, 1.165) is 30.1 Å². The molecule has 2 unspecified atom stereocenters. The van der Waals surface area contributed by atoms with Crippen LogP contribution in [0, 0.1) is 0 Å². The van der Waals surface area contributed by atoms with E-state index in [1.165, 1.54) is 0 Å². The van der Waals surface area contributed by atoms with Gasteiger partial charge in [0.2, 0.25) is 5.91 Å². The summed E-state index contributed by atoms with van der Waals surface area (Å²) < 4.78 is 0. The molecule has 0 saturated carbocycles. The standard InChI is InChI=1S/C12H19NO3S2/c14-11(7-9-8-17-5-6-18-9)13-4-2-1-3-10(13)12(15)16/h9-10H,1-8H2,(H,15,16). The summed E-state index contributed by atoms with van der Waals surface area (Å²) in [6, 6.07) is -0.590. The van der Waals surface area contributed by atoms with Crippen LogP contribution < -0.4 is 0 Å². The van der Waals surface area contributed by atoms with Crippen LogP contribution in [0.2, 0.25) is 0 Å². The number of piperidine rings is 1. The zero-order chi connectivity index (χ0) is 13.0. The summed E-state index contributed by atoms with van der Waals surface area (Å²) in [7, 11) is 0. The quantitative estimate of drug-likeness (QED) is 0.857. The van der Waals surface area contributed by atoms with Gasteiger partial charge in [0, 0.05) is 35.5 Å². The highest BCUT2D eigenvalue weighted by molar-refractivity contribution is 8.06. The van der Waals surface area contributed by atoms with Gasteiger partial charge < -0.3 is 10.0 Å². The van der Waals surface area contributed by atoms with E-state index in [0.29, 0.717) is 24.6 Å². The van der Waals surface area contributed by atoms with Crippen LogP contribution in [-0.4, -0.2) is 57.0 Å². The van der Waals surface area contributed by atoms with Crippen LogP contribution in [-0.2, 0) is 9.59 Å². The Bertz CT molecular complexity index is 318. The molecule has 2 aliphatic rings. The molecule has 6 heteroatoms. The lowest BCUT2D eigenvalue weighted by Crippen LogP contribution is -2.48. The second-order valence-electron chi connectivity index (χ2n) is 4.71. The van der Waals surface area contributed by atoms with Gasteiger partial charge in [-0.1, -0.05) is 0 Å². The van der Waals surface area contributed by atoms with Crippen LogP contribution in [0.25, 0.3) is 0 Å². The SMILES string of the molecule is O=C(O)C1CCCCN1C(=O)CC1CSCCS1. The van der Waals surface area contributed by atoms with Gasteiger partial charge in [0.05, 0.1) is 0 Å². The minimum absolute atomic E-state index is 0.0297. The molecule has 2 fully saturated rings. The Morgan fingerprint density at radius 3 is 2.78 bits per heavy atom. The highest BCUT2D eigenvalue weighted by atomic mass is 32.2. The average molecular weight is 289 g/mol. The van der Waals surface area contributed by atoms with Crippen LogP contribution in [0.4, 0.5) is 0 Å². The van der Waals surface area contributed by atoms with Gasteiger partial charge in [-0.25, -0.2) is 4.79 Å². The third-order valence-electron chi connectivity index (χ3n) is 3.40. The Morgan fingerprint density at radius 1 is 1.28 bits per heavy atom. The lowest BCUT2D eigenvalue weighted by atomic mass is 10.0. The number of carboxylic acids is 1. The van der Waals surface area contributed by atoms with Crippen LogP contribution in [0.5, 0.6) is 0 Å². The third-order valence-corrected chi connectivity index (χ3v) is 6.24. The van der Waals surface area contributed by atoms with E-state index in [4.69, 9.17) is 5.11 Å². The highest BCUT2D eigenvalue weighted by Gasteiger charge is 2.33. The number of likely N-dealkylation sites (tertiary alicyclic amines) is 1. The summed E-state index contributed by atoms with van der Waals surface area (Å²) in [6.45, 7) is 0.611. The minimum Gasteiger partial charge on any atom is -0.480 e. The van der Waals surface area contributed by atoms with Gasteiger partial charge in [0.15, 0.2) is 0 Å². The molecule has 0 radical (unpaired) electrons. The van der Waals surface area contributed by atoms with E-state index >= 15 is 0 Å². The number of carbonyl (C=O) groups excluding carboxylic acids is 1. The molecule has 0 aromatic heterocycles. The molecular weight excluding hydrogens is 270 g/mol. The largest absolute Gasteiger partial charge is 0.480 e. The van der Waals surface area contributed by atoms with Crippen LogP contribution in [0.1, 0.15) is 25.7 Å². The molecule has 2 aliphatic heterocycles. The molecule has 102 valence electrons. The summed E-state index contributed by atoms with van der Waals surface area (Å²) in [5.74, 6) is 2.46. The van der Waals surface area contributed by atoms with Crippen LogP contribution in [0.15, 0.2) is 0 Å². The van der Waals surface area contributed by atoms with E-state index in [1.807, 2.05) is 23.5 Å². The normalized spacial score (nSPS) is 29.0. The Hall–Kier alpha value is -0.360. The molecule has 18 heavy (non-hydrogen) atoms. The number of aliphatic carboxylic acids is 1. The molecule has 0 aromatic rings. The Kier molecular flexibility index (Phi) is 5.24. The van der Waals surface area contributed by atoms with Crippen molar-refractivity contribution >= 4 is 35.4 Å². The number of hydrogen-bond donors (Lipinski definition) is 1. The molecule has 4 nitrogen and oxygen atoms in total.